The maximum atomic E-state index is 15.0. The van der Waals surface area contributed by atoms with Crippen LogP contribution in [0.4, 0.5) is 18.0 Å². The van der Waals surface area contributed by atoms with Crippen LogP contribution in [0.2, 0.25) is 0 Å². The van der Waals surface area contributed by atoms with Gasteiger partial charge in [0.05, 0.1) is 39.2 Å². The lowest BCUT2D eigenvalue weighted by molar-refractivity contribution is -0.244. The molecule has 3 N–H and O–H groups in total. The molecule has 4 aliphatic rings. The number of pyridine rings is 1. The third-order valence-corrected chi connectivity index (χ3v) is 15.8. The summed E-state index contributed by atoms with van der Waals surface area (Å²) < 4.78 is 86.6. The van der Waals surface area contributed by atoms with Gasteiger partial charge in [-0.1, -0.05) is 39.8 Å². The van der Waals surface area contributed by atoms with Crippen molar-refractivity contribution in [1.29, 1.82) is 0 Å². The highest BCUT2D eigenvalue weighted by Crippen LogP contribution is 2.48. The number of hydrogen-bond donors (Lipinski definition) is 3. The average molecular weight is 995 g/mol. The zero-order valence-electron chi connectivity index (χ0n) is 39.9. The van der Waals surface area contributed by atoms with Crippen LogP contribution in [-0.2, 0) is 29.1 Å². The molecule has 20 heteroatoms. The van der Waals surface area contributed by atoms with Gasteiger partial charge in [-0.05, 0) is 109 Å². The molecule has 1 saturated heterocycles. The van der Waals surface area contributed by atoms with Gasteiger partial charge < -0.3 is 29.7 Å². The molecule has 378 valence electrons. The van der Waals surface area contributed by atoms with Crippen molar-refractivity contribution in [2.24, 2.45) is 17.8 Å². The zero-order chi connectivity index (χ0) is 50.0. The van der Waals surface area contributed by atoms with Crippen molar-refractivity contribution in [3.05, 3.63) is 60.3 Å². The van der Waals surface area contributed by atoms with Gasteiger partial charge in [-0.15, -0.1) is 11.3 Å². The predicted octanol–water partition coefficient (Wildman–Crippen LogP) is 9.09. The van der Waals surface area contributed by atoms with E-state index >= 15 is 0 Å². The second kappa shape index (κ2) is 20.4. The largest absolute Gasteiger partial charge is 0.491 e. The summed E-state index contributed by atoms with van der Waals surface area (Å²) in [5, 5.41) is 5.24. The van der Waals surface area contributed by atoms with Gasteiger partial charge >= 0.3 is 12.3 Å². The fourth-order valence-corrected chi connectivity index (χ4v) is 10.3. The molecule has 3 fully saturated rings. The molecule has 4 amide bonds. The lowest BCUT2D eigenvalue weighted by atomic mass is 9.88. The van der Waals surface area contributed by atoms with Crippen LogP contribution in [0.25, 0.3) is 21.8 Å². The number of hydrogen-bond acceptors (Lipinski definition) is 12. The minimum absolute atomic E-state index is 0. The number of amides is 4. The maximum Gasteiger partial charge on any atom is 0.427 e. The Kier molecular flexibility index (Phi) is 15.6. The van der Waals surface area contributed by atoms with Crippen molar-refractivity contribution >= 4 is 45.2 Å². The molecule has 2 aliphatic heterocycles. The summed E-state index contributed by atoms with van der Waals surface area (Å²) in [6, 6.07) is 7.99. The van der Waals surface area contributed by atoms with Crippen LogP contribution in [0.1, 0.15) is 112 Å². The van der Waals surface area contributed by atoms with Gasteiger partial charge in [-0.25, -0.2) is 18.2 Å². The summed E-state index contributed by atoms with van der Waals surface area (Å²) in [6.45, 7) is 14.2. The van der Waals surface area contributed by atoms with Gasteiger partial charge in [0.1, 0.15) is 35.2 Å². The van der Waals surface area contributed by atoms with Crippen LogP contribution >= 0.6 is 11.3 Å². The van der Waals surface area contributed by atoms with Crippen molar-refractivity contribution in [3.63, 3.8) is 0 Å². The van der Waals surface area contributed by atoms with E-state index in [1.54, 1.807) is 43.8 Å². The van der Waals surface area contributed by atoms with E-state index in [2.05, 4.69) is 20.3 Å². The molecular weight excluding hydrogens is 926 g/mol. The molecule has 4 heterocycles. The lowest BCUT2D eigenvalue weighted by Gasteiger charge is -2.34. The number of benzene rings is 1. The number of sulfonamides is 1. The van der Waals surface area contributed by atoms with E-state index in [1.807, 2.05) is 65.0 Å². The predicted molar refractivity (Wildman–Crippen MR) is 257 cm³/mol. The number of nitrogens with zero attached hydrogens (tertiary/aromatic N) is 3. The third-order valence-electron chi connectivity index (χ3n) is 12.9. The first kappa shape index (κ1) is 52.1. The molecule has 7 rings (SSSR count). The number of alkyl halides is 3. The minimum atomic E-state index is -4.93. The number of carbonyl (C=O) groups is 4. The lowest BCUT2D eigenvalue weighted by Crippen LogP contribution is -2.59. The highest BCUT2D eigenvalue weighted by molar-refractivity contribution is 7.91. The number of fused-ring (bicyclic) bond motifs is 2. The molecule has 1 aromatic carbocycles. The molecule has 0 bridgehead atoms. The number of allylic oxidation sites excluding steroid dienone is 1. The van der Waals surface area contributed by atoms with Crippen molar-refractivity contribution < 1.29 is 59.3 Å². The van der Waals surface area contributed by atoms with E-state index in [0.717, 1.165) is 10.4 Å². The molecule has 0 spiro atoms. The fraction of sp³-hybridized carbons (Fsp3) is 0.583. The SMILES string of the molecule is CC.CC(C)Oc1ccc(-c2cc(O[C@@H]3C[C@H]4C(=O)N[C@]5(C(=O)NS(=O)(=O)C6(C)CC6)C[C@H]5/C=C\CC[C@@H](C)C[C@@H](C)[C@H](NC(=O)OC(C)(C)C(F)(F)F)C(=O)N4C3)cc(-c3cncs3)n2)cc1.[HH].[HH].[HH]. The summed E-state index contributed by atoms with van der Waals surface area (Å²) in [5.41, 5.74) is -1.08. The Morgan fingerprint density at radius 3 is 2.32 bits per heavy atom. The van der Waals surface area contributed by atoms with Gasteiger partial charge in [0, 0.05) is 40.5 Å². The van der Waals surface area contributed by atoms with Crippen molar-refractivity contribution in [2.45, 2.75) is 154 Å². The van der Waals surface area contributed by atoms with Gasteiger partial charge in [-0.2, -0.15) is 13.2 Å². The quantitative estimate of drug-likeness (QED) is 0.155. The van der Waals surface area contributed by atoms with Gasteiger partial charge in [-0.3, -0.25) is 24.1 Å². The normalized spacial score (nSPS) is 26.6. The first-order chi connectivity index (χ1) is 31.9. The van der Waals surface area contributed by atoms with Crippen LogP contribution in [0.15, 0.2) is 60.3 Å². The van der Waals surface area contributed by atoms with Crippen LogP contribution < -0.4 is 24.8 Å². The number of ether oxygens (including phenoxy) is 3. The van der Waals surface area contributed by atoms with Crippen LogP contribution in [-0.4, -0.2) is 100 Å². The molecule has 2 saturated carbocycles. The van der Waals surface area contributed by atoms with Crippen LogP contribution in [0, 0.1) is 17.8 Å². The first-order valence-electron chi connectivity index (χ1n) is 23.2. The Morgan fingerprint density at radius 1 is 1.03 bits per heavy atom. The fourth-order valence-electron chi connectivity index (χ4n) is 8.40. The Morgan fingerprint density at radius 2 is 1.71 bits per heavy atom. The number of nitrogens with one attached hydrogen (secondary N) is 3. The van der Waals surface area contributed by atoms with E-state index in [0.29, 0.717) is 68.8 Å². The summed E-state index contributed by atoms with van der Waals surface area (Å²) in [5.74, 6) is -2.73. The molecule has 2 aliphatic carbocycles. The minimum Gasteiger partial charge on any atom is -0.491 e. The monoisotopic (exact) mass is 994 g/mol. The number of aromatic nitrogens is 2. The molecular formula is C48H69F3N6O9S2. The summed E-state index contributed by atoms with van der Waals surface area (Å²) >= 11 is 1.36. The van der Waals surface area contributed by atoms with Crippen LogP contribution in [0.3, 0.4) is 0 Å². The number of thiazole rings is 1. The van der Waals surface area contributed by atoms with Crippen molar-refractivity contribution in [1.82, 2.24) is 30.2 Å². The Hall–Kier alpha value is -5.24. The topological polar surface area (TPSA) is 195 Å². The smallest absolute Gasteiger partial charge is 0.427 e. The highest BCUT2D eigenvalue weighted by atomic mass is 32.2. The number of rotatable bonds is 11. The maximum absolute atomic E-state index is 15.0. The Balaban J connectivity index is 0.00000263. The van der Waals surface area contributed by atoms with Gasteiger partial charge in [0.15, 0.2) is 0 Å². The Bertz CT molecular complexity index is 2460. The molecule has 7 atom stereocenters. The molecule has 15 nitrogen and oxygen atoms in total. The summed E-state index contributed by atoms with van der Waals surface area (Å²) in [6.07, 6.45) is 0.207. The Labute approximate surface area is 404 Å². The molecule has 3 aromatic rings. The second-order valence-electron chi connectivity index (χ2n) is 19.1. The van der Waals surface area contributed by atoms with E-state index in [1.165, 1.54) is 16.2 Å². The third kappa shape index (κ3) is 11.8. The zero-order valence-corrected chi connectivity index (χ0v) is 41.6. The summed E-state index contributed by atoms with van der Waals surface area (Å²) in [7, 11) is -4.10. The number of carbonyl (C=O) groups excluding carboxylic acids is 4. The first-order valence-corrected chi connectivity index (χ1v) is 25.5. The van der Waals surface area contributed by atoms with E-state index < -0.39 is 85.9 Å². The number of halogens is 3. The van der Waals surface area contributed by atoms with Crippen molar-refractivity contribution in [3.8, 4) is 33.3 Å². The van der Waals surface area contributed by atoms with E-state index in [4.69, 9.17) is 19.2 Å². The van der Waals surface area contributed by atoms with E-state index in [-0.39, 0.29) is 35.7 Å². The average Bonchev–Trinajstić information content (AvgIpc) is 4.01. The van der Waals surface area contributed by atoms with E-state index in [9.17, 15) is 40.8 Å². The molecule has 0 radical (unpaired) electrons. The molecule has 68 heavy (non-hydrogen) atoms. The highest BCUT2D eigenvalue weighted by Gasteiger charge is 2.63. The van der Waals surface area contributed by atoms with Gasteiger partial charge in [0.2, 0.25) is 27.4 Å². The molecule has 0 unspecified atom stereocenters. The summed E-state index contributed by atoms with van der Waals surface area (Å²) in [4.78, 5) is 68.1. The van der Waals surface area contributed by atoms with Gasteiger partial charge in [0.25, 0.3) is 5.91 Å². The standard InChI is InChI=1S/C46H57F3N6O9S2.C2H6.3H2/c1-26(2)62-31-14-12-29(13-15-31)34-19-32(20-35(51-34)37-23-50-25-65-37)63-33-21-36-39(56)53-45(41(58)54-66(60,61)44(7)16-17-44)22-30(45)11-9-8-10-27(3)18-28(4)38(40(57)55(36)24-33)52-42(59)64-43(5,6)46(47,48)49;1-2;;;/h9,11-15,19-20,23,25-28,30,33,36,38H,8,10,16-18,21-22,24H2,1-7H3,(H,52,59)(H,53,56)(H,54,58);1-2H3;3*1H/b11-9-;;;;/t27-,28-,30-,33-,36+,38+,45-;;;;/m1..../s1. The van der Waals surface area contributed by atoms with Crippen LogP contribution in [0.5, 0.6) is 11.5 Å². The van der Waals surface area contributed by atoms with Crippen molar-refractivity contribution in [2.75, 3.05) is 6.54 Å². The second-order valence-corrected chi connectivity index (χ2v) is 22.2. The molecule has 2 aromatic heterocycles. The number of alkyl carbamates (subject to hydrolysis) is 1.